The summed E-state index contributed by atoms with van der Waals surface area (Å²) in [5, 5.41) is 13.5. The maximum absolute atomic E-state index is 13.2. The quantitative estimate of drug-likeness (QED) is 0.168. The fourth-order valence-electron chi connectivity index (χ4n) is 5.55. The summed E-state index contributed by atoms with van der Waals surface area (Å²) in [4.78, 5) is 57.4. The highest BCUT2D eigenvalue weighted by atomic mass is 35.5. The third-order valence-corrected chi connectivity index (χ3v) is 8.01. The SMILES string of the molecule is CN(CC(O)CN=[N+]=[N-])C(=O)CCC1CN(C(=O)OCc2ccccc2)CCN1c1nc(Cl)nc2c1CCN(C(=O)OC(C)(C)C)C2. The van der Waals surface area contributed by atoms with Crippen LogP contribution >= 0.6 is 11.6 Å². The molecule has 0 saturated carbocycles. The van der Waals surface area contributed by atoms with Crippen molar-refractivity contribution in [2.24, 2.45) is 5.11 Å². The van der Waals surface area contributed by atoms with E-state index < -0.39 is 23.9 Å². The predicted octanol–water partition coefficient (Wildman–Crippen LogP) is 4.16. The van der Waals surface area contributed by atoms with Gasteiger partial charge >= 0.3 is 12.2 Å². The van der Waals surface area contributed by atoms with Crippen molar-refractivity contribution in [1.29, 1.82) is 0 Å². The van der Waals surface area contributed by atoms with Gasteiger partial charge in [0, 0.05) is 62.7 Å². The molecule has 1 saturated heterocycles. The monoisotopic (exact) mass is 671 g/mol. The van der Waals surface area contributed by atoms with Crippen LogP contribution < -0.4 is 4.90 Å². The van der Waals surface area contributed by atoms with Crippen molar-refractivity contribution in [3.05, 3.63) is 62.9 Å². The van der Waals surface area contributed by atoms with E-state index in [1.165, 1.54) is 4.90 Å². The van der Waals surface area contributed by atoms with Gasteiger partial charge in [0.2, 0.25) is 11.2 Å². The van der Waals surface area contributed by atoms with Crippen LogP contribution in [0.5, 0.6) is 0 Å². The Morgan fingerprint density at radius 3 is 2.60 bits per heavy atom. The van der Waals surface area contributed by atoms with Crippen LogP contribution in [-0.4, -0.2) is 112 Å². The van der Waals surface area contributed by atoms with Gasteiger partial charge in [-0.2, -0.15) is 0 Å². The molecule has 2 unspecified atom stereocenters. The molecule has 4 rings (SSSR count). The first-order chi connectivity index (χ1) is 22.3. The Morgan fingerprint density at radius 2 is 1.89 bits per heavy atom. The van der Waals surface area contributed by atoms with Crippen LogP contribution in [0.4, 0.5) is 15.4 Å². The Kier molecular flexibility index (Phi) is 12.1. The second kappa shape index (κ2) is 16.0. The minimum absolute atomic E-state index is 0.00729. The summed E-state index contributed by atoms with van der Waals surface area (Å²) in [5.74, 6) is 0.390. The molecule has 0 spiro atoms. The molecular formula is C31H42ClN9O6. The molecule has 1 aromatic heterocycles. The third-order valence-electron chi connectivity index (χ3n) is 7.84. The van der Waals surface area contributed by atoms with Crippen LogP contribution in [0.15, 0.2) is 35.4 Å². The molecule has 254 valence electrons. The van der Waals surface area contributed by atoms with E-state index in [1.807, 2.05) is 51.1 Å². The van der Waals surface area contributed by atoms with Crippen molar-refractivity contribution < 1.29 is 29.0 Å². The van der Waals surface area contributed by atoms with Crippen molar-refractivity contribution >= 4 is 35.5 Å². The molecular weight excluding hydrogens is 630 g/mol. The smallest absolute Gasteiger partial charge is 0.410 e. The second-order valence-corrected chi connectivity index (χ2v) is 12.9. The Hall–Kier alpha value is -4.33. The summed E-state index contributed by atoms with van der Waals surface area (Å²) in [6, 6.07) is 9.07. The third kappa shape index (κ3) is 10.1. The summed E-state index contributed by atoms with van der Waals surface area (Å²) in [6.45, 7) is 7.05. The fraction of sp³-hybridized carbons (Fsp3) is 0.581. The number of carbonyl (C=O) groups excluding carboxylic acids is 3. The number of anilines is 1. The van der Waals surface area contributed by atoms with Crippen LogP contribution in [0.2, 0.25) is 5.28 Å². The molecule has 1 fully saturated rings. The van der Waals surface area contributed by atoms with Gasteiger partial charge in [-0.05, 0) is 56.3 Å². The van der Waals surface area contributed by atoms with Crippen LogP contribution in [0.3, 0.4) is 0 Å². The topological polar surface area (TPSA) is 177 Å². The zero-order valence-electron chi connectivity index (χ0n) is 27.2. The number of likely N-dealkylation sites (N-methyl/N-ethyl adjacent to an activating group) is 1. The standard InChI is InChI=1S/C31H42ClN9O6/c1-31(2,3)47-30(45)39-13-12-24-25(19-39)35-28(32)36-27(24)41-15-14-40(29(44)46-20-21-8-6-5-7-9-21)17-22(41)10-11-26(43)38(4)18-23(42)16-34-37-33/h5-9,22-23,42H,10-20H2,1-4H3. The first kappa shape index (κ1) is 35.5. The molecule has 3 amide bonds. The number of benzene rings is 1. The number of amides is 3. The van der Waals surface area contributed by atoms with E-state index in [1.54, 1.807) is 16.8 Å². The van der Waals surface area contributed by atoms with Gasteiger partial charge in [-0.3, -0.25) is 4.79 Å². The van der Waals surface area contributed by atoms with Crippen LogP contribution in [0.1, 0.15) is 50.4 Å². The molecule has 2 aromatic rings. The van der Waals surface area contributed by atoms with E-state index in [-0.39, 0.29) is 56.4 Å². The number of rotatable bonds is 10. The highest BCUT2D eigenvalue weighted by Crippen LogP contribution is 2.32. The zero-order chi connectivity index (χ0) is 34.1. The second-order valence-electron chi connectivity index (χ2n) is 12.6. The number of aromatic nitrogens is 2. The lowest BCUT2D eigenvalue weighted by atomic mass is 10.0. The number of hydrogen-bond donors (Lipinski definition) is 1. The Morgan fingerprint density at radius 1 is 1.15 bits per heavy atom. The molecule has 0 radical (unpaired) electrons. The maximum Gasteiger partial charge on any atom is 0.410 e. The summed E-state index contributed by atoms with van der Waals surface area (Å²) in [7, 11) is 1.57. The first-order valence-electron chi connectivity index (χ1n) is 15.5. The van der Waals surface area contributed by atoms with Crippen LogP contribution in [-0.2, 0) is 33.8 Å². The van der Waals surface area contributed by atoms with E-state index in [4.69, 9.17) is 26.6 Å². The molecule has 16 heteroatoms. The number of halogens is 1. The van der Waals surface area contributed by atoms with Crippen molar-refractivity contribution in [3.63, 3.8) is 0 Å². The van der Waals surface area contributed by atoms with Crippen molar-refractivity contribution in [1.82, 2.24) is 24.7 Å². The number of carbonyl (C=O) groups is 3. The van der Waals surface area contributed by atoms with E-state index >= 15 is 0 Å². The molecule has 15 nitrogen and oxygen atoms in total. The molecule has 2 atom stereocenters. The predicted molar refractivity (Wildman–Crippen MR) is 174 cm³/mol. The van der Waals surface area contributed by atoms with Crippen molar-refractivity contribution in [2.75, 3.05) is 51.2 Å². The number of aliphatic hydroxyl groups excluding tert-OH is 1. The summed E-state index contributed by atoms with van der Waals surface area (Å²) < 4.78 is 11.2. The molecule has 1 aromatic carbocycles. The van der Waals surface area contributed by atoms with Gasteiger partial charge in [-0.15, -0.1) is 0 Å². The Bertz CT molecular complexity index is 1470. The molecule has 47 heavy (non-hydrogen) atoms. The van der Waals surface area contributed by atoms with Gasteiger partial charge in [-0.25, -0.2) is 19.6 Å². The van der Waals surface area contributed by atoms with Crippen LogP contribution in [0.25, 0.3) is 10.4 Å². The first-order valence-corrected chi connectivity index (χ1v) is 15.9. The number of azide groups is 1. The van der Waals surface area contributed by atoms with Crippen molar-refractivity contribution in [3.8, 4) is 0 Å². The summed E-state index contributed by atoms with van der Waals surface area (Å²) in [5.41, 5.74) is 10.2. The summed E-state index contributed by atoms with van der Waals surface area (Å²) in [6.07, 6.45) is -0.940. The molecule has 0 aliphatic carbocycles. The van der Waals surface area contributed by atoms with E-state index in [9.17, 15) is 19.5 Å². The summed E-state index contributed by atoms with van der Waals surface area (Å²) >= 11 is 6.43. The van der Waals surface area contributed by atoms with Gasteiger partial charge in [0.05, 0.1) is 24.9 Å². The lowest BCUT2D eigenvalue weighted by molar-refractivity contribution is -0.131. The van der Waals surface area contributed by atoms with E-state index in [0.717, 1.165) is 11.1 Å². The zero-order valence-corrected chi connectivity index (χ0v) is 28.0. The average molecular weight is 672 g/mol. The number of fused-ring (bicyclic) bond motifs is 1. The van der Waals surface area contributed by atoms with Crippen molar-refractivity contribution in [2.45, 2.75) is 70.9 Å². The number of piperazine rings is 1. The number of ether oxygens (including phenoxy) is 2. The number of hydrogen-bond acceptors (Lipinski definition) is 10. The Balaban J connectivity index is 1.52. The average Bonchev–Trinajstić information content (AvgIpc) is 3.03. The number of aliphatic hydroxyl groups is 1. The highest BCUT2D eigenvalue weighted by molar-refractivity contribution is 6.28. The largest absolute Gasteiger partial charge is 0.445 e. The molecule has 3 heterocycles. The minimum atomic E-state index is -0.990. The minimum Gasteiger partial charge on any atom is -0.445 e. The normalized spacial score (nSPS) is 16.9. The van der Waals surface area contributed by atoms with Gasteiger partial charge < -0.3 is 34.2 Å². The highest BCUT2D eigenvalue weighted by Gasteiger charge is 2.36. The lowest BCUT2D eigenvalue weighted by Gasteiger charge is -2.43. The van der Waals surface area contributed by atoms with Crippen LogP contribution in [0, 0.1) is 0 Å². The van der Waals surface area contributed by atoms with Gasteiger partial charge in [-0.1, -0.05) is 35.4 Å². The van der Waals surface area contributed by atoms with Gasteiger partial charge in [0.1, 0.15) is 18.0 Å². The van der Waals surface area contributed by atoms with Gasteiger partial charge in [0.25, 0.3) is 0 Å². The number of nitrogens with zero attached hydrogens (tertiary/aromatic N) is 9. The van der Waals surface area contributed by atoms with E-state index in [0.29, 0.717) is 44.0 Å². The Labute approximate surface area is 279 Å². The lowest BCUT2D eigenvalue weighted by Crippen LogP contribution is -2.56. The molecule has 1 N–H and O–H groups in total. The van der Waals surface area contributed by atoms with Gasteiger partial charge in [0.15, 0.2) is 0 Å². The molecule has 0 bridgehead atoms. The molecule has 2 aliphatic rings. The van der Waals surface area contributed by atoms with E-state index in [2.05, 4.69) is 24.9 Å². The molecule has 2 aliphatic heterocycles. The maximum atomic E-state index is 13.2. The fourth-order valence-corrected chi connectivity index (χ4v) is 5.73.